The second kappa shape index (κ2) is 7.10. The van der Waals surface area contributed by atoms with Crippen molar-refractivity contribution >= 4 is 17.9 Å². The van der Waals surface area contributed by atoms with Gasteiger partial charge in [0, 0.05) is 17.8 Å². The summed E-state index contributed by atoms with van der Waals surface area (Å²) < 4.78 is 40.1. The number of hydrogen-bond donors (Lipinski definition) is 0. The Bertz CT molecular complexity index is 515. The number of esters is 1. The number of aldehydes is 1. The number of aryl methyl sites for hydroxylation is 1. The molecule has 7 heteroatoms. The molecule has 0 aromatic heterocycles. The van der Waals surface area contributed by atoms with E-state index < -0.39 is 18.8 Å². The third-order valence-corrected chi connectivity index (χ3v) is 2.84. The van der Waals surface area contributed by atoms with E-state index in [1.54, 1.807) is 36.9 Å². The molecule has 0 atom stereocenters. The molecule has 0 spiro atoms. The van der Waals surface area contributed by atoms with Gasteiger partial charge in [-0.15, -0.1) is 0 Å². The van der Waals surface area contributed by atoms with Crippen molar-refractivity contribution in [3.05, 3.63) is 29.3 Å². The molecule has 4 nitrogen and oxygen atoms in total. The molecule has 0 fully saturated rings. The first-order chi connectivity index (χ1) is 9.76. The third kappa shape index (κ3) is 5.45. The van der Waals surface area contributed by atoms with Crippen LogP contribution in [0.4, 0.5) is 18.9 Å². The van der Waals surface area contributed by atoms with E-state index in [9.17, 15) is 22.8 Å². The Morgan fingerprint density at radius 1 is 1.38 bits per heavy atom. The van der Waals surface area contributed by atoms with E-state index in [-0.39, 0.29) is 6.54 Å². The fourth-order valence-electron chi connectivity index (χ4n) is 1.74. The predicted molar refractivity (Wildman–Crippen MR) is 71.5 cm³/mol. The van der Waals surface area contributed by atoms with Gasteiger partial charge in [0.1, 0.15) is 12.8 Å². The van der Waals surface area contributed by atoms with Gasteiger partial charge in [0.05, 0.1) is 0 Å². The van der Waals surface area contributed by atoms with Crippen molar-refractivity contribution in [2.24, 2.45) is 0 Å². The molecule has 0 saturated heterocycles. The zero-order valence-electron chi connectivity index (χ0n) is 11.7. The van der Waals surface area contributed by atoms with Gasteiger partial charge in [-0.3, -0.25) is 9.59 Å². The SMILES string of the molecule is CCN(CC(=O)OCC(F)(F)F)c1ccc(C=O)c(C)c1. The number of carbonyl (C=O) groups excluding carboxylic acids is 2. The maximum Gasteiger partial charge on any atom is 0.422 e. The predicted octanol–water partition coefficient (Wildman–Crippen LogP) is 2.74. The van der Waals surface area contributed by atoms with Gasteiger partial charge in [0.25, 0.3) is 0 Å². The average Bonchev–Trinajstić information content (AvgIpc) is 2.41. The van der Waals surface area contributed by atoms with Gasteiger partial charge in [-0.1, -0.05) is 0 Å². The van der Waals surface area contributed by atoms with Crippen molar-refractivity contribution in [3.8, 4) is 0 Å². The number of alkyl halides is 3. The lowest BCUT2D eigenvalue weighted by atomic mass is 10.1. The monoisotopic (exact) mass is 303 g/mol. The minimum absolute atomic E-state index is 0.285. The molecule has 21 heavy (non-hydrogen) atoms. The van der Waals surface area contributed by atoms with Crippen molar-refractivity contribution in [1.29, 1.82) is 0 Å². The van der Waals surface area contributed by atoms with Crippen LogP contribution >= 0.6 is 0 Å². The molecule has 1 aromatic carbocycles. The first-order valence-corrected chi connectivity index (χ1v) is 6.30. The van der Waals surface area contributed by atoms with Crippen LogP contribution in [-0.4, -0.2) is 38.1 Å². The molecular formula is C14H16F3NO3. The molecule has 0 saturated carbocycles. The minimum atomic E-state index is -4.53. The van der Waals surface area contributed by atoms with Crippen LogP contribution < -0.4 is 4.90 Å². The normalized spacial score (nSPS) is 11.1. The summed E-state index contributed by atoms with van der Waals surface area (Å²) in [6.45, 7) is 2.04. The molecule has 0 radical (unpaired) electrons. The number of benzene rings is 1. The molecule has 0 aliphatic heterocycles. The summed E-state index contributed by atoms with van der Waals surface area (Å²) in [5.41, 5.74) is 1.89. The molecule has 0 aliphatic rings. The van der Waals surface area contributed by atoms with E-state index in [4.69, 9.17) is 0 Å². The molecule has 1 aromatic rings. The zero-order valence-corrected chi connectivity index (χ0v) is 11.7. The number of ether oxygens (including phenoxy) is 1. The minimum Gasteiger partial charge on any atom is -0.455 e. The van der Waals surface area contributed by atoms with Crippen molar-refractivity contribution in [1.82, 2.24) is 0 Å². The van der Waals surface area contributed by atoms with Crippen LogP contribution in [0.2, 0.25) is 0 Å². The van der Waals surface area contributed by atoms with Crippen LogP contribution in [0.1, 0.15) is 22.8 Å². The lowest BCUT2D eigenvalue weighted by Gasteiger charge is -2.23. The Morgan fingerprint density at radius 3 is 2.52 bits per heavy atom. The molecule has 0 heterocycles. The number of hydrogen-bond acceptors (Lipinski definition) is 4. The van der Waals surface area contributed by atoms with Gasteiger partial charge in [0.2, 0.25) is 0 Å². The Hall–Kier alpha value is -2.05. The molecule has 0 aliphatic carbocycles. The number of anilines is 1. The zero-order chi connectivity index (χ0) is 16.0. The van der Waals surface area contributed by atoms with Gasteiger partial charge in [0.15, 0.2) is 6.61 Å². The molecular weight excluding hydrogens is 287 g/mol. The van der Waals surface area contributed by atoms with Crippen LogP contribution in [-0.2, 0) is 9.53 Å². The average molecular weight is 303 g/mol. The Labute approximate surface area is 120 Å². The van der Waals surface area contributed by atoms with Gasteiger partial charge >= 0.3 is 12.1 Å². The van der Waals surface area contributed by atoms with E-state index in [0.29, 0.717) is 24.1 Å². The lowest BCUT2D eigenvalue weighted by molar-refractivity contribution is -0.185. The van der Waals surface area contributed by atoms with Gasteiger partial charge in [-0.2, -0.15) is 13.2 Å². The standard InChI is InChI=1S/C14H16F3NO3/c1-3-18(7-13(20)21-9-14(15,16)17)12-5-4-11(8-19)10(2)6-12/h4-6,8H,3,7,9H2,1-2H3. The largest absolute Gasteiger partial charge is 0.455 e. The fourth-order valence-corrected chi connectivity index (χ4v) is 1.74. The highest BCUT2D eigenvalue weighted by atomic mass is 19.4. The number of halogens is 3. The van der Waals surface area contributed by atoms with E-state index in [0.717, 1.165) is 5.56 Å². The van der Waals surface area contributed by atoms with E-state index in [1.807, 2.05) is 0 Å². The molecule has 0 unspecified atom stereocenters. The van der Waals surface area contributed by atoms with Crippen molar-refractivity contribution in [2.75, 3.05) is 24.6 Å². The van der Waals surface area contributed by atoms with Gasteiger partial charge in [-0.05, 0) is 37.6 Å². The van der Waals surface area contributed by atoms with E-state index >= 15 is 0 Å². The van der Waals surface area contributed by atoms with Crippen LogP contribution in [0.15, 0.2) is 18.2 Å². The number of rotatable bonds is 6. The Balaban J connectivity index is 2.72. The molecule has 116 valence electrons. The summed E-state index contributed by atoms with van der Waals surface area (Å²) in [6.07, 6.45) is -3.82. The van der Waals surface area contributed by atoms with Crippen molar-refractivity contribution in [2.45, 2.75) is 20.0 Å². The maximum atomic E-state index is 12.0. The molecule has 0 N–H and O–H groups in total. The molecule has 1 rings (SSSR count). The smallest absolute Gasteiger partial charge is 0.422 e. The highest BCUT2D eigenvalue weighted by Gasteiger charge is 2.29. The topological polar surface area (TPSA) is 46.6 Å². The second-order valence-electron chi connectivity index (χ2n) is 4.45. The highest BCUT2D eigenvalue weighted by Crippen LogP contribution is 2.19. The fraction of sp³-hybridized carbons (Fsp3) is 0.429. The van der Waals surface area contributed by atoms with Crippen LogP contribution in [0.25, 0.3) is 0 Å². The molecule has 0 amide bonds. The van der Waals surface area contributed by atoms with E-state index in [2.05, 4.69) is 4.74 Å². The van der Waals surface area contributed by atoms with Gasteiger partial charge < -0.3 is 9.64 Å². The first-order valence-electron chi connectivity index (χ1n) is 6.30. The number of carbonyl (C=O) groups is 2. The first kappa shape index (κ1) is 17.0. The summed E-state index contributed by atoms with van der Waals surface area (Å²) in [5, 5.41) is 0. The summed E-state index contributed by atoms with van der Waals surface area (Å²) in [7, 11) is 0. The molecule has 0 bridgehead atoms. The summed E-state index contributed by atoms with van der Waals surface area (Å²) in [5.74, 6) is -0.953. The maximum absolute atomic E-state index is 12.0. The van der Waals surface area contributed by atoms with Crippen LogP contribution in [0.3, 0.4) is 0 Å². The van der Waals surface area contributed by atoms with Crippen LogP contribution in [0, 0.1) is 6.92 Å². The number of likely N-dealkylation sites (N-methyl/N-ethyl adjacent to an activating group) is 1. The Morgan fingerprint density at radius 2 is 2.05 bits per heavy atom. The van der Waals surface area contributed by atoms with Crippen molar-refractivity contribution in [3.63, 3.8) is 0 Å². The number of nitrogens with zero attached hydrogens (tertiary/aromatic N) is 1. The summed E-state index contributed by atoms with van der Waals surface area (Å²) in [4.78, 5) is 23.7. The van der Waals surface area contributed by atoms with Crippen molar-refractivity contribution < 1.29 is 27.5 Å². The van der Waals surface area contributed by atoms with Crippen LogP contribution in [0.5, 0.6) is 0 Å². The Kier molecular flexibility index (Phi) is 5.75. The second-order valence-corrected chi connectivity index (χ2v) is 4.45. The third-order valence-electron chi connectivity index (χ3n) is 2.84. The lowest BCUT2D eigenvalue weighted by Crippen LogP contribution is -2.32. The van der Waals surface area contributed by atoms with E-state index in [1.165, 1.54) is 0 Å². The summed E-state index contributed by atoms with van der Waals surface area (Å²) in [6, 6.07) is 4.93. The quantitative estimate of drug-likeness (QED) is 0.599. The highest BCUT2D eigenvalue weighted by molar-refractivity contribution is 5.80. The van der Waals surface area contributed by atoms with Gasteiger partial charge in [-0.25, -0.2) is 0 Å². The summed E-state index contributed by atoms with van der Waals surface area (Å²) >= 11 is 0.